The van der Waals surface area contributed by atoms with Crippen molar-refractivity contribution in [2.45, 2.75) is 26.4 Å². The van der Waals surface area contributed by atoms with Gasteiger partial charge in [-0.2, -0.15) is 5.10 Å². The van der Waals surface area contributed by atoms with E-state index in [4.69, 9.17) is 0 Å². The predicted octanol–water partition coefficient (Wildman–Crippen LogP) is 0.930. The van der Waals surface area contributed by atoms with Crippen LogP contribution in [-0.4, -0.2) is 25.7 Å². The third-order valence-electron chi connectivity index (χ3n) is 2.03. The maximum Gasteiger partial charge on any atom is 0.151 e. The monoisotopic (exact) mass is 164 g/mol. The minimum Gasteiger partial charge on any atom is -0.366 e. The maximum atomic E-state index is 4.15. The van der Waals surface area contributed by atoms with Crippen molar-refractivity contribution >= 4 is 6.20 Å². The van der Waals surface area contributed by atoms with Crippen molar-refractivity contribution in [2.75, 3.05) is 0 Å². The highest BCUT2D eigenvalue weighted by Crippen LogP contribution is 2.11. The van der Waals surface area contributed by atoms with E-state index < -0.39 is 0 Å². The molecule has 0 saturated heterocycles. The van der Waals surface area contributed by atoms with E-state index in [0.29, 0.717) is 6.04 Å². The number of fused-ring (bicyclic) bond motifs is 1. The molecule has 1 aromatic rings. The van der Waals surface area contributed by atoms with Crippen LogP contribution in [0.1, 0.15) is 19.7 Å². The van der Waals surface area contributed by atoms with Crippen LogP contribution in [0.5, 0.6) is 0 Å². The van der Waals surface area contributed by atoms with Crippen LogP contribution in [-0.2, 0) is 6.54 Å². The van der Waals surface area contributed by atoms with Gasteiger partial charge < -0.3 is 4.90 Å². The number of nitrogens with zero attached hydrogens (tertiary/aromatic N) is 4. The van der Waals surface area contributed by atoms with Gasteiger partial charge in [-0.15, -0.1) is 0 Å². The third kappa shape index (κ3) is 1.09. The number of rotatable bonds is 1. The Balaban J connectivity index is 2.24. The molecule has 0 bridgehead atoms. The fraction of sp³-hybridized carbons (Fsp3) is 0.500. The molecule has 1 aliphatic rings. The first-order chi connectivity index (χ1) is 5.77. The van der Waals surface area contributed by atoms with Crippen molar-refractivity contribution < 1.29 is 0 Å². The van der Waals surface area contributed by atoms with Gasteiger partial charge in [0, 0.05) is 18.4 Å². The van der Waals surface area contributed by atoms with Crippen molar-refractivity contribution in [1.29, 1.82) is 0 Å². The number of aromatic nitrogens is 3. The molecule has 0 saturated carbocycles. The first-order valence-electron chi connectivity index (χ1n) is 4.10. The summed E-state index contributed by atoms with van der Waals surface area (Å²) in [6, 6.07) is 0.520. The summed E-state index contributed by atoms with van der Waals surface area (Å²) in [5.41, 5.74) is 0. The Labute approximate surface area is 71.5 Å². The molecule has 2 rings (SSSR count). The van der Waals surface area contributed by atoms with E-state index in [1.165, 1.54) is 0 Å². The second kappa shape index (κ2) is 2.62. The molecule has 0 unspecified atom stereocenters. The Hall–Kier alpha value is -1.32. The highest BCUT2D eigenvalue weighted by molar-refractivity contribution is 5.24. The van der Waals surface area contributed by atoms with Gasteiger partial charge in [-0.05, 0) is 13.8 Å². The van der Waals surface area contributed by atoms with E-state index in [9.17, 15) is 0 Å². The van der Waals surface area contributed by atoms with Gasteiger partial charge in [-0.25, -0.2) is 9.67 Å². The zero-order chi connectivity index (χ0) is 8.55. The van der Waals surface area contributed by atoms with Gasteiger partial charge in [0.2, 0.25) is 0 Å². The predicted molar refractivity (Wildman–Crippen MR) is 46.0 cm³/mol. The molecule has 1 aliphatic heterocycles. The van der Waals surface area contributed by atoms with Gasteiger partial charge in [-0.1, -0.05) is 0 Å². The third-order valence-corrected chi connectivity index (χ3v) is 2.03. The van der Waals surface area contributed by atoms with Gasteiger partial charge in [0.25, 0.3) is 0 Å². The summed E-state index contributed by atoms with van der Waals surface area (Å²) in [5, 5.41) is 4.04. The lowest BCUT2D eigenvalue weighted by molar-refractivity contribution is 0.287. The largest absolute Gasteiger partial charge is 0.366 e. The highest BCUT2D eigenvalue weighted by Gasteiger charge is 2.13. The molecule has 4 heteroatoms. The molecule has 0 fully saturated rings. The first kappa shape index (κ1) is 7.34. The van der Waals surface area contributed by atoms with Gasteiger partial charge >= 0.3 is 0 Å². The Morgan fingerprint density at radius 2 is 2.25 bits per heavy atom. The van der Waals surface area contributed by atoms with Crippen molar-refractivity contribution in [3.63, 3.8) is 0 Å². The molecule has 0 aliphatic carbocycles. The molecule has 0 atom stereocenters. The van der Waals surface area contributed by atoms with E-state index in [2.05, 4.69) is 28.8 Å². The second-order valence-electron chi connectivity index (χ2n) is 3.19. The quantitative estimate of drug-likeness (QED) is 0.619. The van der Waals surface area contributed by atoms with E-state index in [-0.39, 0.29) is 0 Å². The van der Waals surface area contributed by atoms with E-state index in [1.807, 2.05) is 12.4 Å². The fourth-order valence-corrected chi connectivity index (χ4v) is 1.23. The minimum absolute atomic E-state index is 0.520. The summed E-state index contributed by atoms with van der Waals surface area (Å²) in [6.07, 6.45) is 5.57. The zero-order valence-corrected chi connectivity index (χ0v) is 7.31. The maximum absolute atomic E-state index is 4.15. The Bertz CT molecular complexity index is 300. The smallest absolute Gasteiger partial charge is 0.151 e. The lowest BCUT2D eigenvalue weighted by Gasteiger charge is -2.26. The van der Waals surface area contributed by atoms with Gasteiger partial charge in [0.05, 0.1) is 6.54 Å². The fourth-order valence-electron chi connectivity index (χ4n) is 1.23. The standard InChI is InChI=1S/C8H12N4/c1-7(2)11-3-4-12-8(5-11)9-6-10-12/h3-4,6-7H,5H2,1-2H3. The Morgan fingerprint density at radius 3 is 3.00 bits per heavy atom. The van der Waals surface area contributed by atoms with Crippen molar-refractivity contribution in [3.8, 4) is 0 Å². The minimum atomic E-state index is 0.520. The van der Waals surface area contributed by atoms with Crippen molar-refractivity contribution in [3.05, 3.63) is 18.4 Å². The normalized spacial score (nSPS) is 15.4. The summed E-state index contributed by atoms with van der Waals surface area (Å²) >= 11 is 0. The Kier molecular flexibility index (Phi) is 1.60. The average Bonchev–Trinajstić information content (AvgIpc) is 2.49. The topological polar surface area (TPSA) is 34.0 Å². The van der Waals surface area contributed by atoms with Crippen LogP contribution >= 0.6 is 0 Å². The molecule has 0 N–H and O–H groups in total. The van der Waals surface area contributed by atoms with Gasteiger partial charge in [-0.3, -0.25) is 0 Å². The molecule has 0 radical (unpaired) electrons. The molecular formula is C8H12N4. The van der Waals surface area contributed by atoms with Crippen LogP contribution in [0, 0.1) is 0 Å². The average molecular weight is 164 g/mol. The first-order valence-corrected chi connectivity index (χ1v) is 4.10. The van der Waals surface area contributed by atoms with Gasteiger partial charge in [0.1, 0.15) is 6.33 Å². The van der Waals surface area contributed by atoms with Crippen LogP contribution in [0.25, 0.3) is 6.20 Å². The molecule has 2 heterocycles. The zero-order valence-electron chi connectivity index (χ0n) is 7.31. The van der Waals surface area contributed by atoms with Crippen LogP contribution in [0.2, 0.25) is 0 Å². The number of hydrogen-bond acceptors (Lipinski definition) is 3. The SMILES string of the molecule is CC(C)N1C=Cn2ncnc2C1. The molecule has 0 spiro atoms. The van der Waals surface area contributed by atoms with Gasteiger partial charge in [0.15, 0.2) is 5.82 Å². The van der Waals surface area contributed by atoms with Crippen LogP contribution in [0.4, 0.5) is 0 Å². The summed E-state index contributed by atoms with van der Waals surface area (Å²) in [5.74, 6) is 1.01. The molecule has 4 nitrogen and oxygen atoms in total. The summed E-state index contributed by atoms with van der Waals surface area (Å²) in [4.78, 5) is 6.37. The van der Waals surface area contributed by atoms with Crippen molar-refractivity contribution in [2.24, 2.45) is 0 Å². The van der Waals surface area contributed by atoms with E-state index >= 15 is 0 Å². The lowest BCUT2D eigenvalue weighted by atomic mass is 10.3. The number of hydrogen-bond donors (Lipinski definition) is 0. The van der Waals surface area contributed by atoms with Crippen LogP contribution in [0.3, 0.4) is 0 Å². The summed E-state index contributed by atoms with van der Waals surface area (Å²) in [6.45, 7) is 5.18. The lowest BCUT2D eigenvalue weighted by Crippen LogP contribution is -2.28. The molecule has 64 valence electrons. The second-order valence-corrected chi connectivity index (χ2v) is 3.19. The molecule has 0 aromatic carbocycles. The molecule has 12 heavy (non-hydrogen) atoms. The van der Waals surface area contributed by atoms with E-state index in [0.717, 1.165) is 12.4 Å². The van der Waals surface area contributed by atoms with Crippen molar-refractivity contribution in [1.82, 2.24) is 19.7 Å². The molecule has 1 aromatic heterocycles. The Morgan fingerprint density at radius 1 is 1.42 bits per heavy atom. The van der Waals surface area contributed by atoms with Crippen LogP contribution < -0.4 is 0 Å². The summed E-state index contributed by atoms with van der Waals surface area (Å²) in [7, 11) is 0. The van der Waals surface area contributed by atoms with E-state index in [1.54, 1.807) is 11.0 Å². The molecule has 0 amide bonds. The summed E-state index contributed by atoms with van der Waals surface area (Å²) < 4.78 is 1.80. The molecular weight excluding hydrogens is 152 g/mol. The van der Waals surface area contributed by atoms with Crippen LogP contribution in [0.15, 0.2) is 12.5 Å². The highest BCUT2D eigenvalue weighted by atomic mass is 15.4.